The van der Waals surface area contributed by atoms with E-state index in [-0.39, 0.29) is 24.0 Å². The summed E-state index contributed by atoms with van der Waals surface area (Å²) in [5, 5.41) is 10.2. The number of benzene rings is 1. The highest BCUT2D eigenvalue weighted by Gasteiger charge is 2.19. The maximum atomic E-state index is 5.45. The average Bonchev–Trinajstić information content (AvgIpc) is 3.29. The molecule has 1 saturated heterocycles. The fourth-order valence-corrected chi connectivity index (χ4v) is 2.94. The maximum Gasteiger partial charge on any atom is 0.193 e. The van der Waals surface area contributed by atoms with Crippen LogP contribution in [-0.2, 0) is 11.3 Å². The molecule has 1 aromatic heterocycles. The Kier molecular flexibility index (Phi) is 7.63. The first-order valence-electron chi connectivity index (χ1n) is 8.20. The van der Waals surface area contributed by atoms with Gasteiger partial charge in [0.05, 0.1) is 6.61 Å². The second-order valence-corrected chi connectivity index (χ2v) is 6.05. The minimum absolute atomic E-state index is 0. The SMILES string of the molecule is CN=C(NCc1cccc(-c2ncn[nH]2)c1)N(C)CC1CCOC1.I. The van der Waals surface area contributed by atoms with Crippen molar-refractivity contribution in [2.45, 2.75) is 13.0 Å². The van der Waals surface area contributed by atoms with E-state index < -0.39 is 0 Å². The van der Waals surface area contributed by atoms with Gasteiger partial charge in [0.25, 0.3) is 0 Å². The summed E-state index contributed by atoms with van der Waals surface area (Å²) in [6.07, 6.45) is 2.64. The molecule has 0 spiro atoms. The van der Waals surface area contributed by atoms with Crippen molar-refractivity contribution in [3.8, 4) is 11.4 Å². The highest BCUT2D eigenvalue weighted by Crippen LogP contribution is 2.16. The molecule has 7 nitrogen and oxygen atoms in total. The third-order valence-electron chi connectivity index (χ3n) is 4.20. The average molecular weight is 456 g/mol. The summed E-state index contributed by atoms with van der Waals surface area (Å²) in [4.78, 5) is 10.7. The van der Waals surface area contributed by atoms with Gasteiger partial charge in [-0.05, 0) is 18.1 Å². The lowest BCUT2D eigenvalue weighted by molar-refractivity contribution is 0.181. The number of nitrogens with zero attached hydrogens (tertiary/aromatic N) is 4. The Bertz CT molecular complexity index is 670. The summed E-state index contributed by atoms with van der Waals surface area (Å²) in [6.45, 7) is 3.39. The molecule has 8 heteroatoms. The van der Waals surface area contributed by atoms with Crippen LogP contribution in [0.5, 0.6) is 0 Å². The fraction of sp³-hybridized carbons (Fsp3) is 0.471. The van der Waals surface area contributed by atoms with Crippen LogP contribution in [0.3, 0.4) is 0 Å². The molecule has 0 bridgehead atoms. The zero-order valence-electron chi connectivity index (χ0n) is 14.6. The van der Waals surface area contributed by atoms with Crippen molar-refractivity contribution in [2.75, 3.05) is 33.9 Å². The predicted molar refractivity (Wildman–Crippen MR) is 109 cm³/mol. The Balaban J connectivity index is 0.00000225. The van der Waals surface area contributed by atoms with Gasteiger partial charge in [0.1, 0.15) is 6.33 Å². The molecule has 25 heavy (non-hydrogen) atoms. The van der Waals surface area contributed by atoms with Crippen LogP contribution < -0.4 is 5.32 Å². The van der Waals surface area contributed by atoms with Gasteiger partial charge in [0.15, 0.2) is 11.8 Å². The summed E-state index contributed by atoms with van der Waals surface area (Å²) in [6, 6.07) is 8.23. The number of aromatic amines is 1. The Morgan fingerprint density at radius 2 is 2.36 bits per heavy atom. The molecule has 1 fully saturated rings. The number of halogens is 1. The van der Waals surface area contributed by atoms with E-state index in [2.05, 4.69) is 49.6 Å². The van der Waals surface area contributed by atoms with Gasteiger partial charge < -0.3 is 15.0 Å². The van der Waals surface area contributed by atoms with E-state index in [1.807, 2.05) is 19.2 Å². The molecule has 0 radical (unpaired) electrons. The van der Waals surface area contributed by atoms with Gasteiger partial charge in [-0.2, -0.15) is 5.10 Å². The van der Waals surface area contributed by atoms with Crippen LogP contribution in [0.25, 0.3) is 11.4 Å². The Labute approximate surface area is 165 Å². The second kappa shape index (κ2) is 9.71. The number of rotatable bonds is 5. The van der Waals surface area contributed by atoms with Crippen molar-refractivity contribution in [2.24, 2.45) is 10.9 Å². The van der Waals surface area contributed by atoms with Crippen LogP contribution in [0.2, 0.25) is 0 Å². The topological polar surface area (TPSA) is 78.4 Å². The number of hydrogen-bond acceptors (Lipinski definition) is 4. The van der Waals surface area contributed by atoms with E-state index in [1.54, 1.807) is 0 Å². The normalized spacial score (nSPS) is 17.2. The monoisotopic (exact) mass is 456 g/mol. The molecule has 1 aromatic carbocycles. The first-order chi connectivity index (χ1) is 11.8. The minimum Gasteiger partial charge on any atom is -0.381 e. The Hall–Kier alpha value is -1.68. The van der Waals surface area contributed by atoms with Gasteiger partial charge in [-0.3, -0.25) is 10.1 Å². The maximum absolute atomic E-state index is 5.45. The Morgan fingerprint density at radius 1 is 1.48 bits per heavy atom. The van der Waals surface area contributed by atoms with Crippen molar-refractivity contribution in [3.63, 3.8) is 0 Å². The number of nitrogens with one attached hydrogen (secondary N) is 2. The lowest BCUT2D eigenvalue weighted by Gasteiger charge is -2.24. The van der Waals surface area contributed by atoms with E-state index in [1.165, 1.54) is 11.9 Å². The predicted octanol–water partition coefficient (Wildman–Crippen LogP) is 2.13. The molecule has 1 aliphatic heterocycles. The molecule has 0 aliphatic carbocycles. The number of guanidine groups is 1. The van der Waals surface area contributed by atoms with Gasteiger partial charge in [-0.25, -0.2) is 4.98 Å². The van der Waals surface area contributed by atoms with Gasteiger partial charge >= 0.3 is 0 Å². The molecule has 1 unspecified atom stereocenters. The van der Waals surface area contributed by atoms with Crippen LogP contribution in [0.1, 0.15) is 12.0 Å². The lowest BCUT2D eigenvalue weighted by atomic mass is 10.1. The summed E-state index contributed by atoms with van der Waals surface area (Å²) in [5.41, 5.74) is 2.20. The molecular weight excluding hydrogens is 431 g/mol. The van der Waals surface area contributed by atoms with E-state index in [0.29, 0.717) is 12.5 Å². The summed E-state index contributed by atoms with van der Waals surface area (Å²) in [7, 11) is 3.88. The van der Waals surface area contributed by atoms with Crippen molar-refractivity contribution in [1.82, 2.24) is 25.4 Å². The number of aromatic nitrogens is 3. The fourth-order valence-electron chi connectivity index (χ4n) is 2.94. The summed E-state index contributed by atoms with van der Waals surface area (Å²) in [5.74, 6) is 2.26. The van der Waals surface area contributed by atoms with Crippen LogP contribution in [0, 0.1) is 5.92 Å². The van der Waals surface area contributed by atoms with Crippen molar-refractivity contribution in [3.05, 3.63) is 36.2 Å². The number of hydrogen-bond donors (Lipinski definition) is 2. The molecule has 136 valence electrons. The van der Waals surface area contributed by atoms with E-state index >= 15 is 0 Å². The van der Waals surface area contributed by atoms with Crippen molar-refractivity contribution in [1.29, 1.82) is 0 Å². The van der Waals surface area contributed by atoms with E-state index in [0.717, 1.165) is 43.5 Å². The quantitative estimate of drug-likeness (QED) is 0.410. The van der Waals surface area contributed by atoms with E-state index in [4.69, 9.17) is 4.74 Å². The van der Waals surface area contributed by atoms with Gasteiger partial charge in [-0.15, -0.1) is 24.0 Å². The molecular formula is C17H25IN6O. The molecule has 0 amide bonds. The Morgan fingerprint density at radius 3 is 3.04 bits per heavy atom. The largest absolute Gasteiger partial charge is 0.381 e. The molecule has 2 aromatic rings. The van der Waals surface area contributed by atoms with E-state index in [9.17, 15) is 0 Å². The van der Waals surface area contributed by atoms with Crippen LogP contribution in [0.4, 0.5) is 0 Å². The minimum atomic E-state index is 0. The number of ether oxygens (including phenoxy) is 1. The van der Waals surface area contributed by atoms with Gasteiger partial charge in [-0.1, -0.05) is 18.2 Å². The molecule has 2 N–H and O–H groups in total. The highest BCUT2D eigenvalue weighted by molar-refractivity contribution is 14.0. The molecule has 1 atom stereocenters. The van der Waals surface area contributed by atoms with Crippen LogP contribution in [0.15, 0.2) is 35.6 Å². The second-order valence-electron chi connectivity index (χ2n) is 6.05. The smallest absolute Gasteiger partial charge is 0.193 e. The van der Waals surface area contributed by atoms with Crippen LogP contribution >= 0.6 is 24.0 Å². The third kappa shape index (κ3) is 5.40. The summed E-state index contributed by atoms with van der Waals surface area (Å²) < 4.78 is 5.45. The third-order valence-corrected chi connectivity index (χ3v) is 4.20. The van der Waals surface area contributed by atoms with Crippen LogP contribution in [-0.4, -0.2) is 59.9 Å². The standard InChI is InChI=1S/C17H24N6O.HI/c1-18-17(23(2)10-14-6-7-24-11-14)19-9-13-4-3-5-15(8-13)16-20-12-21-22-16;/h3-5,8,12,14H,6-7,9-11H2,1-2H3,(H,18,19)(H,20,21,22);1H. The highest BCUT2D eigenvalue weighted by atomic mass is 127. The van der Waals surface area contributed by atoms with Crippen molar-refractivity contribution < 1.29 is 4.74 Å². The summed E-state index contributed by atoms with van der Waals surface area (Å²) >= 11 is 0. The molecule has 2 heterocycles. The van der Waals surface area contributed by atoms with Crippen molar-refractivity contribution >= 4 is 29.9 Å². The first kappa shape index (κ1) is 19.6. The van der Waals surface area contributed by atoms with Gasteiger partial charge in [0, 0.05) is 45.3 Å². The molecule has 1 aliphatic rings. The van der Waals surface area contributed by atoms with Gasteiger partial charge in [0.2, 0.25) is 0 Å². The first-order valence-corrected chi connectivity index (χ1v) is 8.20. The molecule has 3 rings (SSSR count). The molecule has 0 saturated carbocycles. The number of H-pyrrole nitrogens is 1. The zero-order chi connectivity index (χ0) is 16.8. The lowest BCUT2D eigenvalue weighted by Crippen LogP contribution is -2.41. The zero-order valence-corrected chi connectivity index (χ0v) is 16.9. The number of aliphatic imine (C=N–C) groups is 1.